The first-order valence-corrected chi connectivity index (χ1v) is 17.9. The Morgan fingerprint density at radius 3 is 1.71 bits per heavy atom. The largest absolute Gasteiger partial charge is 0.416 e. The van der Waals surface area contributed by atoms with Gasteiger partial charge >= 0.3 is 0 Å². The Hall–Kier alpha value is -1.54. The van der Waals surface area contributed by atoms with Crippen molar-refractivity contribution < 1.29 is 13.6 Å². The molecular formula is C30H46O3Si2. The third-order valence-electron chi connectivity index (χ3n) is 8.57. The fourth-order valence-electron chi connectivity index (χ4n) is 5.92. The molecule has 1 aliphatic rings. The normalized spacial score (nSPS) is 20.9. The Morgan fingerprint density at radius 1 is 0.857 bits per heavy atom. The van der Waals surface area contributed by atoms with Crippen molar-refractivity contribution in [3.8, 4) is 0 Å². The minimum atomic E-state index is -2.73. The summed E-state index contributed by atoms with van der Waals surface area (Å²) in [5.74, 6) is 0.205. The van der Waals surface area contributed by atoms with Gasteiger partial charge in [-0.25, -0.2) is 0 Å². The molecule has 0 saturated heterocycles. The van der Waals surface area contributed by atoms with Crippen LogP contribution in [0.5, 0.6) is 0 Å². The maximum Gasteiger partial charge on any atom is 0.261 e. The van der Waals surface area contributed by atoms with Crippen LogP contribution in [0.2, 0.25) is 23.2 Å². The van der Waals surface area contributed by atoms with E-state index in [2.05, 4.69) is 116 Å². The van der Waals surface area contributed by atoms with Crippen LogP contribution in [0.4, 0.5) is 0 Å². The van der Waals surface area contributed by atoms with Crippen molar-refractivity contribution in [2.75, 3.05) is 6.61 Å². The van der Waals surface area contributed by atoms with Crippen molar-refractivity contribution in [3.63, 3.8) is 0 Å². The van der Waals surface area contributed by atoms with Crippen molar-refractivity contribution in [1.82, 2.24) is 0 Å². The number of carbonyl (C=O) groups excluding carboxylic acids is 1. The molecule has 1 saturated carbocycles. The number of benzene rings is 2. The summed E-state index contributed by atoms with van der Waals surface area (Å²) >= 11 is 0. The van der Waals surface area contributed by atoms with Crippen LogP contribution in [0.15, 0.2) is 60.7 Å². The zero-order chi connectivity index (χ0) is 25.9. The minimum absolute atomic E-state index is 0.0928. The summed E-state index contributed by atoms with van der Waals surface area (Å²) < 4.78 is 14.1. The molecular weight excluding hydrogens is 464 g/mol. The lowest BCUT2D eigenvalue weighted by atomic mass is 9.87. The van der Waals surface area contributed by atoms with Crippen LogP contribution >= 0.6 is 0 Å². The molecule has 2 atom stereocenters. The van der Waals surface area contributed by atoms with Gasteiger partial charge < -0.3 is 8.85 Å². The average Bonchev–Trinajstić information content (AvgIpc) is 3.07. The molecule has 0 N–H and O–H groups in total. The van der Waals surface area contributed by atoms with Crippen molar-refractivity contribution >= 4 is 32.8 Å². The second kappa shape index (κ2) is 10.8. The summed E-state index contributed by atoms with van der Waals surface area (Å²) in [6, 6.07) is 24.8. The third-order valence-corrected chi connectivity index (χ3v) is 18.3. The van der Waals surface area contributed by atoms with E-state index in [1.165, 1.54) is 10.4 Å². The van der Waals surface area contributed by atoms with Gasteiger partial charge in [-0.2, -0.15) is 0 Å². The van der Waals surface area contributed by atoms with E-state index in [1.807, 2.05) is 0 Å². The molecule has 0 aromatic heterocycles. The number of carbonyl (C=O) groups is 1. The number of hydrogen-bond acceptors (Lipinski definition) is 3. The number of hydrogen-bond donors (Lipinski definition) is 0. The van der Waals surface area contributed by atoms with Crippen LogP contribution in [0.3, 0.4) is 0 Å². The van der Waals surface area contributed by atoms with E-state index in [9.17, 15) is 4.79 Å². The molecule has 35 heavy (non-hydrogen) atoms. The lowest BCUT2D eigenvalue weighted by Crippen LogP contribution is -2.68. The summed E-state index contributed by atoms with van der Waals surface area (Å²) in [4.78, 5) is 13.7. The highest BCUT2D eigenvalue weighted by atomic mass is 28.4. The molecule has 0 amide bonds. The smallest absolute Gasteiger partial charge is 0.261 e. The maximum absolute atomic E-state index is 13.7. The topological polar surface area (TPSA) is 35.5 Å². The van der Waals surface area contributed by atoms with Gasteiger partial charge in [0, 0.05) is 17.9 Å². The van der Waals surface area contributed by atoms with Crippen LogP contribution in [0, 0.1) is 11.3 Å². The van der Waals surface area contributed by atoms with Crippen LogP contribution in [-0.4, -0.2) is 35.1 Å². The summed E-state index contributed by atoms with van der Waals surface area (Å²) in [7, 11) is -4.48. The Labute approximate surface area is 215 Å². The summed E-state index contributed by atoms with van der Waals surface area (Å²) in [5, 5.41) is 2.41. The van der Waals surface area contributed by atoms with Crippen LogP contribution in [0.25, 0.3) is 0 Å². The fourth-order valence-corrected chi connectivity index (χ4v) is 13.4. The molecule has 1 aliphatic carbocycles. The van der Waals surface area contributed by atoms with Gasteiger partial charge in [-0.05, 0) is 40.0 Å². The monoisotopic (exact) mass is 510 g/mol. The molecule has 2 aromatic carbocycles. The standard InChI is InChI=1S/C30H46O3Si2/c1-9-34(10-2,11-3)32-23-24-22-27(30(7,8)28(24)31)33-35(29(4,5)6,25-18-14-12-15-19-25)26-20-16-13-17-21-26/h12-21,24,27H,9-11,22-23H2,1-8H3/t24-,27-/m1/s1. The number of ketones is 1. The van der Waals surface area contributed by atoms with Crippen molar-refractivity contribution in [1.29, 1.82) is 0 Å². The Morgan fingerprint density at radius 2 is 1.31 bits per heavy atom. The van der Waals surface area contributed by atoms with E-state index in [0.29, 0.717) is 12.4 Å². The third kappa shape index (κ3) is 5.29. The fraction of sp³-hybridized carbons (Fsp3) is 0.567. The number of rotatable bonds is 10. The van der Waals surface area contributed by atoms with Gasteiger partial charge in [-0.3, -0.25) is 4.79 Å². The molecule has 3 rings (SSSR count). The van der Waals surface area contributed by atoms with Gasteiger partial charge in [0.2, 0.25) is 0 Å². The first kappa shape index (κ1) is 28.0. The second-order valence-electron chi connectivity index (χ2n) is 11.8. The van der Waals surface area contributed by atoms with Crippen molar-refractivity contribution in [3.05, 3.63) is 60.7 Å². The predicted octanol–water partition coefficient (Wildman–Crippen LogP) is 6.57. The molecule has 3 nitrogen and oxygen atoms in total. The van der Waals surface area contributed by atoms with Crippen molar-refractivity contribution in [2.24, 2.45) is 11.3 Å². The Balaban J connectivity index is 2.01. The van der Waals surface area contributed by atoms with Gasteiger partial charge in [0.05, 0.1) is 6.10 Å². The molecule has 1 fully saturated rings. The van der Waals surface area contributed by atoms with E-state index in [4.69, 9.17) is 8.85 Å². The maximum atomic E-state index is 13.7. The second-order valence-corrected chi connectivity index (χ2v) is 20.9. The van der Waals surface area contributed by atoms with Crippen LogP contribution in [0.1, 0.15) is 61.8 Å². The average molecular weight is 511 g/mol. The quantitative estimate of drug-likeness (QED) is 0.339. The van der Waals surface area contributed by atoms with Gasteiger partial charge in [0.1, 0.15) is 5.78 Å². The van der Waals surface area contributed by atoms with Gasteiger partial charge in [0.15, 0.2) is 8.32 Å². The summed E-state index contributed by atoms with van der Waals surface area (Å²) in [5.41, 5.74) is -0.546. The zero-order valence-corrected chi connectivity index (χ0v) is 25.2. The van der Waals surface area contributed by atoms with Gasteiger partial charge in [-0.15, -0.1) is 0 Å². The molecule has 0 spiro atoms. The lowest BCUT2D eigenvalue weighted by Gasteiger charge is -2.46. The molecule has 2 aromatic rings. The van der Waals surface area contributed by atoms with E-state index < -0.39 is 22.0 Å². The molecule has 5 heteroatoms. The number of Topliss-reactive ketones (excluding diaryl/α,β-unsaturated/α-hetero) is 1. The lowest BCUT2D eigenvalue weighted by molar-refractivity contribution is -0.130. The molecule has 0 heterocycles. The molecule has 0 radical (unpaired) electrons. The Kier molecular flexibility index (Phi) is 8.68. The molecule has 192 valence electrons. The summed E-state index contributed by atoms with van der Waals surface area (Å²) in [6.07, 6.45) is 0.591. The zero-order valence-electron chi connectivity index (χ0n) is 23.2. The van der Waals surface area contributed by atoms with Crippen LogP contribution in [-0.2, 0) is 13.6 Å². The van der Waals surface area contributed by atoms with Crippen molar-refractivity contribution in [2.45, 2.75) is 91.1 Å². The van der Waals surface area contributed by atoms with Gasteiger partial charge in [-0.1, -0.05) is 116 Å². The highest BCUT2D eigenvalue weighted by Crippen LogP contribution is 2.46. The highest BCUT2D eigenvalue weighted by Gasteiger charge is 2.57. The minimum Gasteiger partial charge on any atom is -0.416 e. The van der Waals surface area contributed by atoms with E-state index in [1.54, 1.807) is 0 Å². The Bertz CT molecular complexity index is 914. The van der Waals surface area contributed by atoms with Gasteiger partial charge in [0.25, 0.3) is 8.32 Å². The van der Waals surface area contributed by atoms with E-state index in [0.717, 1.165) is 24.6 Å². The van der Waals surface area contributed by atoms with E-state index in [-0.39, 0.29) is 17.1 Å². The predicted molar refractivity (Wildman–Crippen MR) is 153 cm³/mol. The summed E-state index contributed by atoms with van der Waals surface area (Å²) in [6.45, 7) is 18.3. The van der Waals surface area contributed by atoms with Crippen LogP contribution < -0.4 is 10.4 Å². The highest BCUT2D eigenvalue weighted by molar-refractivity contribution is 6.99. The van der Waals surface area contributed by atoms with E-state index >= 15 is 0 Å². The molecule has 0 aliphatic heterocycles. The molecule has 0 bridgehead atoms. The first-order valence-electron chi connectivity index (χ1n) is 13.4. The SMILES string of the molecule is CC[Si](CC)(CC)OC[C@H]1C[C@@H](O[Si](c2ccccc2)(c2ccccc2)C(C)(C)C)C(C)(C)C1=O. The molecule has 0 unspecified atom stereocenters. The first-order chi connectivity index (χ1) is 16.5.